The monoisotopic (exact) mass is 359 g/mol. The second-order valence-corrected chi connectivity index (χ2v) is 7.07. The molecule has 10 heteroatoms. The van der Waals surface area contributed by atoms with Gasteiger partial charge < -0.3 is 5.26 Å². The Bertz CT molecular complexity index is 550. The first-order chi connectivity index (χ1) is 10.5. The van der Waals surface area contributed by atoms with Crippen LogP contribution >= 0.6 is 12.0 Å². The van der Waals surface area contributed by atoms with Gasteiger partial charge in [0, 0.05) is 5.25 Å². The first kappa shape index (κ1) is 17.7. The van der Waals surface area contributed by atoms with Crippen LogP contribution < -0.4 is 5.26 Å². The molecule has 0 heterocycles. The van der Waals surface area contributed by atoms with E-state index in [0.29, 0.717) is 12.8 Å². The average molecular weight is 359 g/mol. The minimum absolute atomic E-state index is 0.306. The summed E-state index contributed by atoms with van der Waals surface area (Å²) in [6.07, 6.45) is 3.35. The molecule has 2 rings (SSSR count). The molecule has 1 unspecified atom stereocenters. The fourth-order valence-corrected chi connectivity index (χ4v) is 4.38. The van der Waals surface area contributed by atoms with Crippen LogP contribution in [0.1, 0.15) is 32.1 Å². The summed E-state index contributed by atoms with van der Waals surface area (Å²) in [7, 11) is -2.20. The molecule has 0 saturated heterocycles. The zero-order valence-electron chi connectivity index (χ0n) is 11.1. The summed E-state index contributed by atoms with van der Waals surface area (Å²) in [6.45, 7) is 0. The van der Waals surface area contributed by atoms with E-state index in [4.69, 9.17) is 0 Å². The molecule has 1 aliphatic rings. The van der Waals surface area contributed by atoms with Crippen LogP contribution in [0.3, 0.4) is 0 Å². The molecule has 1 atom stereocenters. The summed E-state index contributed by atoms with van der Waals surface area (Å²) < 4.78 is 71.4. The molecule has 1 fully saturated rings. The van der Waals surface area contributed by atoms with E-state index < -0.39 is 49.1 Å². The van der Waals surface area contributed by atoms with Crippen LogP contribution in [0.2, 0.25) is 0 Å². The molecule has 0 radical (unpaired) electrons. The van der Waals surface area contributed by atoms with Gasteiger partial charge in [0.15, 0.2) is 23.3 Å². The Kier molecular flexibility index (Phi) is 6.21. The third-order valence-corrected chi connectivity index (χ3v) is 5.87. The van der Waals surface area contributed by atoms with E-state index in [-0.39, 0.29) is 12.0 Å². The van der Waals surface area contributed by atoms with Gasteiger partial charge in [-0.05, 0) is 12.8 Å². The maximum absolute atomic E-state index is 14.0. The Labute approximate surface area is 130 Å². The van der Waals surface area contributed by atoms with Crippen LogP contribution in [-0.4, -0.2) is 9.46 Å². The first-order valence-electron chi connectivity index (χ1n) is 6.38. The summed E-state index contributed by atoms with van der Waals surface area (Å²) in [5, 5.41) is 12.0. The van der Waals surface area contributed by atoms with E-state index in [2.05, 4.69) is 9.37 Å². The number of hydrogen-bond donors (Lipinski definition) is 0. The van der Waals surface area contributed by atoms with Crippen LogP contribution in [0.5, 0.6) is 0 Å². The zero-order valence-corrected chi connectivity index (χ0v) is 12.7. The molecular formula is C12H11F4O4S2-. The maximum atomic E-state index is 14.0. The van der Waals surface area contributed by atoms with Gasteiger partial charge in [-0.2, -0.15) is 4.33 Å². The highest BCUT2D eigenvalue weighted by Crippen LogP contribution is 2.35. The van der Waals surface area contributed by atoms with Crippen molar-refractivity contribution in [2.75, 3.05) is 0 Å². The highest BCUT2D eigenvalue weighted by molar-refractivity contribution is 7.94. The molecule has 4 nitrogen and oxygen atoms in total. The Hall–Kier alpha value is -0.680. The van der Waals surface area contributed by atoms with Gasteiger partial charge in [0.1, 0.15) is 9.79 Å². The number of halogens is 4. The molecule has 1 saturated carbocycles. The van der Waals surface area contributed by atoms with Gasteiger partial charge >= 0.3 is 0 Å². The molecule has 0 aliphatic heterocycles. The highest BCUT2D eigenvalue weighted by Gasteiger charge is 2.33. The van der Waals surface area contributed by atoms with E-state index in [9.17, 15) is 27.0 Å². The highest BCUT2D eigenvalue weighted by atomic mass is 32.2. The SMILES string of the molecule is O=S(c1c(F)c(F)c(SOO[O-])c(F)c1F)C1CCCCC1. The lowest BCUT2D eigenvalue weighted by molar-refractivity contribution is -0.777. The summed E-state index contributed by atoms with van der Waals surface area (Å²) in [5.74, 6) is -7.06. The van der Waals surface area contributed by atoms with Crippen molar-refractivity contribution < 1.29 is 36.4 Å². The summed E-state index contributed by atoms with van der Waals surface area (Å²) in [6, 6.07) is 0. The van der Waals surface area contributed by atoms with Gasteiger partial charge in [-0.3, -0.25) is 9.25 Å². The van der Waals surface area contributed by atoms with E-state index in [1.54, 1.807) is 0 Å². The largest absolute Gasteiger partial charge is 0.691 e. The van der Waals surface area contributed by atoms with Gasteiger partial charge in [-0.1, -0.05) is 19.3 Å². The second kappa shape index (κ2) is 7.73. The smallest absolute Gasteiger partial charge is 0.179 e. The molecule has 0 bridgehead atoms. The lowest BCUT2D eigenvalue weighted by Crippen LogP contribution is -2.21. The molecule has 1 aliphatic carbocycles. The Morgan fingerprint density at radius 1 is 1.00 bits per heavy atom. The van der Waals surface area contributed by atoms with Crippen molar-refractivity contribution in [3.05, 3.63) is 23.3 Å². The molecule has 0 spiro atoms. The van der Waals surface area contributed by atoms with Crippen LogP contribution in [0, 0.1) is 23.3 Å². The summed E-state index contributed by atoms with van der Waals surface area (Å²) >= 11 is -0.306. The molecular weight excluding hydrogens is 348 g/mol. The lowest BCUT2D eigenvalue weighted by Gasteiger charge is -2.21. The van der Waals surface area contributed by atoms with Gasteiger partial charge in [0.2, 0.25) is 0 Å². The second-order valence-electron chi connectivity index (χ2n) is 4.69. The molecule has 1 aromatic rings. The minimum atomic E-state index is -2.20. The third-order valence-electron chi connectivity index (χ3n) is 3.38. The Balaban J connectivity index is 2.41. The number of rotatable bonds is 5. The summed E-state index contributed by atoms with van der Waals surface area (Å²) in [4.78, 5) is -2.33. The minimum Gasteiger partial charge on any atom is -0.691 e. The van der Waals surface area contributed by atoms with Crippen molar-refractivity contribution in [3.63, 3.8) is 0 Å². The molecule has 0 N–H and O–H groups in total. The van der Waals surface area contributed by atoms with E-state index in [0.717, 1.165) is 19.3 Å². The lowest BCUT2D eigenvalue weighted by atomic mass is 10.0. The van der Waals surface area contributed by atoms with E-state index in [1.807, 2.05) is 0 Å². The van der Waals surface area contributed by atoms with Gasteiger partial charge in [-0.15, -0.1) is 0 Å². The average Bonchev–Trinajstić information content (AvgIpc) is 2.54. The molecule has 22 heavy (non-hydrogen) atoms. The number of benzene rings is 1. The first-order valence-corrected chi connectivity index (χ1v) is 8.34. The number of hydrogen-bond acceptors (Lipinski definition) is 5. The standard InChI is InChI=1S/C12H12F4O4S2/c13-7-9(15)12(22(18)6-4-2-1-3-5-6)10(16)8(14)11(7)21-20-19-17/h6,17H,1-5H2/p-1. The van der Waals surface area contributed by atoms with Crippen molar-refractivity contribution >= 4 is 22.8 Å². The van der Waals surface area contributed by atoms with E-state index >= 15 is 0 Å². The van der Waals surface area contributed by atoms with Crippen LogP contribution in [0.4, 0.5) is 17.6 Å². The topological polar surface area (TPSA) is 58.6 Å². The Morgan fingerprint density at radius 2 is 1.55 bits per heavy atom. The quantitative estimate of drug-likeness (QED) is 0.266. The van der Waals surface area contributed by atoms with Crippen molar-refractivity contribution in [1.82, 2.24) is 0 Å². The van der Waals surface area contributed by atoms with Crippen molar-refractivity contribution in [3.8, 4) is 0 Å². The predicted octanol–water partition coefficient (Wildman–Crippen LogP) is 2.91. The van der Waals surface area contributed by atoms with Crippen LogP contribution in [0.25, 0.3) is 0 Å². The fraction of sp³-hybridized carbons (Fsp3) is 0.500. The van der Waals surface area contributed by atoms with Crippen LogP contribution in [0.15, 0.2) is 9.79 Å². The molecule has 0 amide bonds. The molecule has 0 aromatic heterocycles. The van der Waals surface area contributed by atoms with Gasteiger partial charge in [0.25, 0.3) is 0 Å². The van der Waals surface area contributed by atoms with Crippen LogP contribution in [-0.2, 0) is 20.2 Å². The zero-order chi connectivity index (χ0) is 16.3. The van der Waals surface area contributed by atoms with Gasteiger partial charge in [0.05, 0.1) is 22.8 Å². The van der Waals surface area contributed by atoms with Crippen molar-refractivity contribution in [2.24, 2.45) is 0 Å². The van der Waals surface area contributed by atoms with Crippen molar-refractivity contribution in [1.29, 1.82) is 0 Å². The van der Waals surface area contributed by atoms with Crippen molar-refractivity contribution in [2.45, 2.75) is 47.1 Å². The Morgan fingerprint density at radius 3 is 2.05 bits per heavy atom. The molecule has 1 aromatic carbocycles. The maximum Gasteiger partial charge on any atom is 0.179 e. The normalized spacial score (nSPS) is 17.7. The predicted molar refractivity (Wildman–Crippen MR) is 67.6 cm³/mol. The fourth-order valence-electron chi connectivity index (χ4n) is 2.33. The molecule has 124 valence electrons. The van der Waals surface area contributed by atoms with Gasteiger partial charge in [-0.25, -0.2) is 17.6 Å². The summed E-state index contributed by atoms with van der Waals surface area (Å²) in [5.41, 5.74) is 0. The third kappa shape index (κ3) is 3.46. The van der Waals surface area contributed by atoms with E-state index in [1.165, 1.54) is 0 Å².